The van der Waals surface area contributed by atoms with Crippen LogP contribution < -0.4 is 5.32 Å². The fraction of sp³-hybridized carbons (Fsp3) is 0.524. The van der Waals surface area contributed by atoms with E-state index in [2.05, 4.69) is 10.4 Å². The zero-order chi connectivity index (χ0) is 25.3. The number of aromatic nitrogens is 2. The lowest BCUT2D eigenvalue weighted by molar-refractivity contribution is -0.160. The third-order valence-electron chi connectivity index (χ3n) is 6.01. The molecule has 4 rings (SSSR count). The van der Waals surface area contributed by atoms with E-state index >= 15 is 0 Å². The molecule has 1 amide bonds. The van der Waals surface area contributed by atoms with Crippen molar-refractivity contribution in [1.82, 2.24) is 9.78 Å². The predicted molar refractivity (Wildman–Crippen MR) is 111 cm³/mol. The number of carbonyl (C=O) groups excluding carboxylic acids is 1. The highest BCUT2D eigenvalue weighted by Gasteiger charge is 2.57. The summed E-state index contributed by atoms with van der Waals surface area (Å²) < 4.78 is 104. The largest absolute Gasteiger partial charge is 0.420 e. The quantitative estimate of drug-likeness (QED) is 0.499. The molecule has 6 nitrogen and oxygen atoms in total. The van der Waals surface area contributed by atoms with E-state index < -0.39 is 75.2 Å². The molecule has 1 heterocycles. The number of rotatable bonds is 6. The lowest BCUT2D eigenvalue weighted by atomic mass is 9.67. The molecule has 1 atom stereocenters. The normalized spacial score (nSPS) is 21.9. The highest BCUT2D eigenvalue weighted by molar-refractivity contribution is 7.91. The van der Waals surface area contributed by atoms with Crippen molar-refractivity contribution >= 4 is 21.3 Å². The van der Waals surface area contributed by atoms with Crippen LogP contribution in [-0.2, 0) is 28.1 Å². The summed E-state index contributed by atoms with van der Waals surface area (Å²) in [4.78, 5) is 13.1. The molecular weight excluding hydrogens is 486 g/mol. The first-order valence-corrected chi connectivity index (χ1v) is 12.3. The maximum Gasteiger partial charge on any atom is 0.420 e. The maximum atomic E-state index is 14.9. The molecule has 0 radical (unpaired) electrons. The molecule has 0 bridgehead atoms. The van der Waals surface area contributed by atoms with Gasteiger partial charge in [0.1, 0.15) is 17.0 Å². The van der Waals surface area contributed by atoms with Crippen molar-refractivity contribution in [3.63, 3.8) is 0 Å². The van der Waals surface area contributed by atoms with Crippen molar-refractivity contribution in [2.75, 3.05) is 11.6 Å². The molecule has 34 heavy (non-hydrogen) atoms. The Kier molecular flexibility index (Phi) is 5.39. The zero-order valence-electron chi connectivity index (χ0n) is 18.2. The van der Waals surface area contributed by atoms with E-state index in [1.807, 2.05) is 0 Å². The molecule has 2 aliphatic rings. The van der Waals surface area contributed by atoms with Crippen molar-refractivity contribution in [3.05, 3.63) is 41.2 Å². The van der Waals surface area contributed by atoms with Crippen LogP contribution in [0.25, 0.3) is 0 Å². The Labute approximate surface area is 191 Å². The molecule has 13 heteroatoms. The standard InChI is InChI=1S/C21H22F6N4O2S/c1-18(9-20(23,24)10-18)11-31-15(14(21(25,26)27)16(30-31)19(22)6-7-19)17(32)29-12-4-3-5-13(8-12)34(2,28)33/h3-5,8,28H,6-7,9-11H2,1-2H3,(H,29,32). The molecule has 2 N–H and O–H groups in total. The molecule has 2 aromatic rings. The summed E-state index contributed by atoms with van der Waals surface area (Å²) >= 11 is 0. The Balaban J connectivity index is 1.78. The van der Waals surface area contributed by atoms with Crippen LogP contribution in [0.2, 0.25) is 0 Å². The number of anilines is 1. The fourth-order valence-electron chi connectivity index (χ4n) is 4.41. The van der Waals surface area contributed by atoms with Crippen LogP contribution in [0.1, 0.15) is 54.4 Å². The van der Waals surface area contributed by atoms with Gasteiger partial charge in [0.05, 0.1) is 9.73 Å². The number of carbonyl (C=O) groups is 1. The number of nitrogens with one attached hydrogen (secondary N) is 2. The van der Waals surface area contributed by atoms with Crippen LogP contribution in [0.15, 0.2) is 29.2 Å². The third kappa shape index (κ3) is 4.66. The van der Waals surface area contributed by atoms with Gasteiger partial charge in [-0.15, -0.1) is 0 Å². The van der Waals surface area contributed by atoms with Gasteiger partial charge in [-0.25, -0.2) is 22.2 Å². The van der Waals surface area contributed by atoms with Gasteiger partial charge in [-0.05, 0) is 36.5 Å². The zero-order valence-corrected chi connectivity index (χ0v) is 19.0. The minimum absolute atomic E-state index is 0.0328. The summed E-state index contributed by atoms with van der Waals surface area (Å²) in [6.07, 6.45) is -5.58. The lowest BCUT2D eigenvalue weighted by Crippen LogP contribution is -2.47. The molecule has 2 aliphatic carbocycles. The Morgan fingerprint density at radius 1 is 1.24 bits per heavy atom. The van der Waals surface area contributed by atoms with Crippen LogP contribution in [0.4, 0.5) is 32.0 Å². The van der Waals surface area contributed by atoms with Gasteiger partial charge in [-0.3, -0.25) is 9.48 Å². The monoisotopic (exact) mass is 508 g/mol. The Morgan fingerprint density at radius 2 is 1.85 bits per heavy atom. The van der Waals surface area contributed by atoms with Crippen molar-refractivity contribution in [1.29, 1.82) is 4.78 Å². The molecular formula is C21H22F6N4O2S. The Bertz CT molecular complexity index is 1260. The molecule has 2 fully saturated rings. The highest BCUT2D eigenvalue weighted by Crippen LogP contribution is 2.55. The lowest BCUT2D eigenvalue weighted by Gasteiger charge is -2.44. The van der Waals surface area contributed by atoms with Crippen molar-refractivity contribution in [2.24, 2.45) is 5.41 Å². The summed E-state index contributed by atoms with van der Waals surface area (Å²) in [6.45, 7) is 1.01. The summed E-state index contributed by atoms with van der Waals surface area (Å²) in [5.74, 6) is -4.24. The van der Waals surface area contributed by atoms with Gasteiger partial charge in [-0.2, -0.15) is 18.3 Å². The van der Waals surface area contributed by atoms with Crippen LogP contribution in [0.3, 0.4) is 0 Å². The second kappa shape index (κ2) is 7.46. The molecule has 0 aliphatic heterocycles. The van der Waals surface area contributed by atoms with Crippen LogP contribution in [0.5, 0.6) is 0 Å². The average Bonchev–Trinajstić information content (AvgIpc) is 3.26. The predicted octanol–water partition coefficient (Wildman–Crippen LogP) is 5.58. The average molecular weight is 508 g/mol. The number of alkyl halides is 6. The van der Waals surface area contributed by atoms with Gasteiger partial charge < -0.3 is 5.32 Å². The van der Waals surface area contributed by atoms with Gasteiger partial charge in [0.15, 0.2) is 5.67 Å². The van der Waals surface area contributed by atoms with Gasteiger partial charge in [0.25, 0.3) is 5.91 Å². The van der Waals surface area contributed by atoms with E-state index in [1.54, 1.807) is 0 Å². The fourth-order valence-corrected chi connectivity index (χ4v) is 5.10. The molecule has 0 saturated heterocycles. The first kappa shape index (κ1) is 24.6. The number of halogens is 6. The van der Waals surface area contributed by atoms with E-state index in [4.69, 9.17) is 4.78 Å². The third-order valence-corrected chi connectivity index (χ3v) is 7.16. The molecule has 186 valence electrons. The molecule has 2 saturated carbocycles. The summed E-state index contributed by atoms with van der Waals surface area (Å²) in [5.41, 5.74) is -6.93. The van der Waals surface area contributed by atoms with Crippen molar-refractivity contribution in [2.45, 2.75) is 61.8 Å². The first-order valence-electron chi connectivity index (χ1n) is 10.3. The number of amides is 1. The number of benzene rings is 1. The summed E-state index contributed by atoms with van der Waals surface area (Å²) in [6, 6.07) is 5.25. The number of hydrogen-bond donors (Lipinski definition) is 2. The first-order chi connectivity index (χ1) is 15.4. The van der Waals surface area contributed by atoms with Crippen molar-refractivity contribution in [3.8, 4) is 0 Å². The van der Waals surface area contributed by atoms with Crippen molar-refractivity contribution < 1.29 is 35.3 Å². The topological polar surface area (TPSA) is 87.8 Å². The van der Waals surface area contributed by atoms with Gasteiger partial charge >= 0.3 is 6.18 Å². The highest BCUT2D eigenvalue weighted by atomic mass is 32.2. The smallest absolute Gasteiger partial charge is 0.321 e. The van der Waals surface area contributed by atoms with Crippen LogP contribution in [0, 0.1) is 10.2 Å². The van der Waals surface area contributed by atoms with Gasteiger partial charge in [0.2, 0.25) is 5.92 Å². The Morgan fingerprint density at radius 3 is 2.35 bits per heavy atom. The van der Waals surface area contributed by atoms with Crippen LogP contribution >= 0.6 is 0 Å². The second-order valence-corrected chi connectivity index (χ2v) is 11.7. The van der Waals surface area contributed by atoms with Gasteiger partial charge in [-0.1, -0.05) is 13.0 Å². The molecule has 1 aromatic carbocycles. The van der Waals surface area contributed by atoms with E-state index in [-0.39, 0.29) is 23.4 Å². The van der Waals surface area contributed by atoms with Crippen LogP contribution in [-0.4, -0.2) is 32.1 Å². The molecule has 0 spiro atoms. The molecule has 1 unspecified atom stereocenters. The minimum Gasteiger partial charge on any atom is -0.321 e. The number of hydrogen-bond acceptors (Lipinski definition) is 4. The van der Waals surface area contributed by atoms with E-state index in [1.165, 1.54) is 31.2 Å². The minimum atomic E-state index is -5.13. The Hall–Kier alpha value is -2.57. The van der Waals surface area contributed by atoms with E-state index in [9.17, 15) is 35.3 Å². The second-order valence-electron chi connectivity index (χ2n) is 9.54. The number of nitrogens with zero attached hydrogens (tertiary/aromatic N) is 2. The van der Waals surface area contributed by atoms with Gasteiger partial charge in [0, 0.05) is 36.2 Å². The SMILES string of the molecule is CC1(Cn2nc(C3(F)CC3)c(C(F)(F)F)c2C(=O)Nc2cccc(S(C)(=N)=O)c2)CC(F)(F)C1. The maximum absolute atomic E-state index is 14.9. The summed E-state index contributed by atoms with van der Waals surface area (Å²) in [5, 5.41) is 6.05. The van der Waals surface area contributed by atoms with E-state index in [0.717, 1.165) is 6.26 Å². The molecule has 1 aromatic heterocycles. The van der Waals surface area contributed by atoms with E-state index in [0.29, 0.717) is 4.68 Å². The summed E-state index contributed by atoms with van der Waals surface area (Å²) in [7, 11) is -3.17.